The van der Waals surface area contributed by atoms with Crippen LogP contribution in [0.4, 0.5) is 0 Å². The van der Waals surface area contributed by atoms with Gasteiger partial charge in [0, 0.05) is 30.2 Å². The Hall–Kier alpha value is -4.55. The summed E-state index contributed by atoms with van der Waals surface area (Å²) in [7, 11) is 0. The molecule has 5 aromatic rings. The van der Waals surface area contributed by atoms with Crippen LogP contribution in [0.5, 0.6) is 5.75 Å². The maximum Gasteiger partial charge on any atom is 0.220 e. The molecule has 1 saturated heterocycles. The van der Waals surface area contributed by atoms with Crippen LogP contribution in [0.3, 0.4) is 0 Å². The second-order valence-electron chi connectivity index (χ2n) is 15.6. The number of aromatic nitrogens is 4. The van der Waals surface area contributed by atoms with Crippen molar-refractivity contribution < 1.29 is 24.5 Å². The molecular formula is C48H61N5O5S. The Morgan fingerprint density at radius 2 is 1.32 bits per heavy atom. The molecule has 314 valence electrons. The molecule has 11 heteroatoms. The number of phenols is 1. The zero-order valence-corrected chi connectivity index (χ0v) is 35.3. The van der Waals surface area contributed by atoms with Crippen LogP contribution >= 0.6 is 11.8 Å². The molecule has 1 fully saturated rings. The highest BCUT2D eigenvalue weighted by Gasteiger charge is 2.42. The molecule has 0 bridgehead atoms. The molecule has 0 spiro atoms. The fraction of sp³-hybridized carbons (Fsp3) is 0.458. The normalized spacial score (nSPS) is 17.9. The Morgan fingerprint density at radius 1 is 0.712 bits per heavy atom. The van der Waals surface area contributed by atoms with E-state index in [1.165, 1.54) is 82.4 Å². The first-order valence-corrected chi connectivity index (χ1v) is 22.6. The summed E-state index contributed by atoms with van der Waals surface area (Å²) in [6, 6.07) is 33.0. The van der Waals surface area contributed by atoms with Gasteiger partial charge in [-0.2, -0.15) is 4.68 Å². The predicted molar refractivity (Wildman–Crippen MR) is 233 cm³/mol. The summed E-state index contributed by atoms with van der Waals surface area (Å²) >= 11 is 1.50. The molecule has 1 unspecified atom stereocenters. The van der Waals surface area contributed by atoms with E-state index in [-0.39, 0.29) is 36.4 Å². The fourth-order valence-corrected chi connectivity index (χ4v) is 8.68. The first-order chi connectivity index (χ1) is 29.0. The predicted octanol–water partition coefficient (Wildman–Crippen LogP) is 10.7. The van der Waals surface area contributed by atoms with Crippen molar-refractivity contribution in [1.29, 1.82) is 0 Å². The monoisotopic (exact) mass is 819 g/mol. The quantitative estimate of drug-likeness (QED) is 0.0411. The van der Waals surface area contributed by atoms with Gasteiger partial charge in [0.25, 0.3) is 0 Å². The van der Waals surface area contributed by atoms with Gasteiger partial charge in [0.15, 0.2) is 6.29 Å². The van der Waals surface area contributed by atoms with Crippen LogP contribution in [-0.2, 0) is 27.4 Å². The molecule has 2 heterocycles. The molecule has 1 aliphatic rings. The number of unbranched alkanes of at least 4 members (excludes halogenated alkanes) is 12. The Kier molecular flexibility index (Phi) is 17.8. The summed E-state index contributed by atoms with van der Waals surface area (Å²) in [5, 5.41) is 35.8. The van der Waals surface area contributed by atoms with Gasteiger partial charge in [0.2, 0.25) is 11.1 Å². The maximum absolute atomic E-state index is 12.7. The molecule has 0 radical (unpaired) electrons. The number of thioether (sulfide) groups is 1. The first kappa shape index (κ1) is 44.0. The Bertz CT molecular complexity index is 1940. The Labute approximate surface area is 354 Å². The van der Waals surface area contributed by atoms with E-state index >= 15 is 0 Å². The lowest BCUT2D eigenvalue weighted by molar-refractivity contribution is -0.255. The number of aromatic hydroxyl groups is 1. The third-order valence-corrected chi connectivity index (χ3v) is 12.1. The minimum absolute atomic E-state index is 0.0408. The van der Waals surface area contributed by atoms with Crippen LogP contribution in [0.1, 0.15) is 143 Å². The Balaban J connectivity index is 1.06. The number of tetrazole rings is 1. The number of nitrogens with zero attached hydrogens (tertiary/aromatic N) is 4. The van der Waals surface area contributed by atoms with E-state index < -0.39 is 6.29 Å². The van der Waals surface area contributed by atoms with E-state index in [1.54, 1.807) is 28.9 Å². The average molecular weight is 820 g/mol. The maximum atomic E-state index is 12.7. The van der Waals surface area contributed by atoms with E-state index in [0.29, 0.717) is 23.9 Å². The number of aliphatic hydroxyl groups is 1. The summed E-state index contributed by atoms with van der Waals surface area (Å²) < 4.78 is 15.4. The standard InChI is InChI=1S/C48H61N5O5S/c1-2-3-4-5-6-7-8-9-10-11-12-13-17-20-44(56)49-33-36-21-27-40(28-22-36)47-57-43(35-59-48-50-51-52-53(48)41-29-31-42(55)32-30-41)45(38-18-15-14-16-19-38)46(58-47)39-25-23-37(34-54)24-26-39/h14-16,18-19,21-32,43,45-47,54-55H,2-13,17,20,33-35H2,1H3,(H,49,56)/t43-,45-,46+,47?/m1/s1. The van der Waals surface area contributed by atoms with Crippen LogP contribution in [0, 0.1) is 0 Å². The number of aliphatic hydroxyl groups excluding tert-OH is 1. The van der Waals surface area contributed by atoms with Gasteiger partial charge in [-0.1, -0.05) is 175 Å². The summed E-state index contributed by atoms with van der Waals surface area (Å²) in [6.45, 7) is 2.69. The number of phenolic OH excluding ortho intramolecular Hbond substituents is 1. The van der Waals surface area contributed by atoms with Gasteiger partial charge < -0.3 is 25.0 Å². The molecule has 59 heavy (non-hydrogen) atoms. The van der Waals surface area contributed by atoms with Crippen molar-refractivity contribution >= 4 is 17.7 Å². The molecule has 4 aromatic carbocycles. The highest BCUT2D eigenvalue weighted by atomic mass is 32.2. The van der Waals surface area contributed by atoms with Crippen LogP contribution in [0.25, 0.3) is 5.69 Å². The number of hydrogen-bond acceptors (Lipinski definition) is 9. The highest BCUT2D eigenvalue weighted by Crippen LogP contribution is 2.48. The second-order valence-corrected chi connectivity index (χ2v) is 16.6. The molecule has 1 amide bonds. The smallest absolute Gasteiger partial charge is 0.220 e. The molecular weight excluding hydrogens is 759 g/mol. The van der Waals surface area contributed by atoms with Crippen LogP contribution in [-0.4, -0.2) is 48.2 Å². The van der Waals surface area contributed by atoms with Gasteiger partial charge in [-0.3, -0.25) is 4.79 Å². The average Bonchev–Trinajstić information content (AvgIpc) is 3.75. The van der Waals surface area contributed by atoms with Gasteiger partial charge >= 0.3 is 0 Å². The number of rotatable bonds is 24. The lowest BCUT2D eigenvalue weighted by Gasteiger charge is -2.43. The van der Waals surface area contributed by atoms with Gasteiger partial charge in [-0.25, -0.2) is 0 Å². The number of hydrogen-bond donors (Lipinski definition) is 3. The largest absolute Gasteiger partial charge is 0.508 e. The van der Waals surface area contributed by atoms with E-state index in [9.17, 15) is 15.0 Å². The molecule has 10 nitrogen and oxygen atoms in total. The van der Waals surface area contributed by atoms with E-state index in [4.69, 9.17) is 9.47 Å². The number of carbonyl (C=O) groups excluding carboxylic acids is 1. The van der Waals surface area contributed by atoms with Crippen LogP contribution < -0.4 is 5.32 Å². The molecule has 1 aromatic heterocycles. The number of nitrogens with one attached hydrogen (secondary N) is 1. The Morgan fingerprint density at radius 3 is 1.97 bits per heavy atom. The second kappa shape index (κ2) is 23.9. The highest BCUT2D eigenvalue weighted by molar-refractivity contribution is 7.99. The van der Waals surface area contributed by atoms with Gasteiger partial charge in [0.05, 0.1) is 24.5 Å². The third kappa shape index (κ3) is 13.5. The molecule has 0 aliphatic carbocycles. The zero-order valence-electron chi connectivity index (χ0n) is 34.5. The molecule has 4 atom stereocenters. The van der Waals surface area contributed by atoms with Crippen molar-refractivity contribution in [3.05, 3.63) is 131 Å². The number of carbonyl (C=O) groups is 1. The first-order valence-electron chi connectivity index (χ1n) is 21.6. The van der Waals surface area contributed by atoms with Crippen molar-refractivity contribution in [2.75, 3.05) is 5.75 Å². The summed E-state index contributed by atoms with van der Waals surface area (Å²) in [5.74, 6) is 0.601. The van der Waals surface area contributed by atoms with Gasteiger partial charge in [0.1, 0.15) is 5.75 Å². The molecule has 3 N–H and O–H groups in total. The van der Waals surface area contributed by atoms with E-state index in [2.05, 4.69) is 39.9 Å². The van der Waals surface area contributed by atoms with Gasteiger partial charge in [-0.15, -0.1) is 5.10 Å². The van der Waals surface area contributed by atoms with Crippen molar-refractivity contribution in [1.82, 2.24) is 25.5 Å². The number of amides is 1. The number of ether oxygens (including phenoxy) is 2. The minimum atomic E-state index is -0.671. The fourth-order valence-electron chi connectivity index (χ4n) is 7.72. The molecule has 0 saturated carbocycles. The molecule has 1 aliphatic heterocycles. The van der Waals surface area contributed by atoms with Crippen molar-refractivity contribution in [3.8, 4) is 11.4 Å². The third-order valence-electron chi connectivity index (χ3n) is 11.1. The van der Waals surface area contributed by atoms with E-state index in [0.717, 1.165) is 46.3 Å². The van der Waals surface area contributed by atoms with Gasteiger partial charge in [-0.05, 0) is 63.4 Å². The van der Waals surface area contributed by atoms with Crippen molar-refractivity contribution in [2.24, 2.45) is 0 Å². The van der Waals surface area contributed by atoms with Crippen molar-refractivity contribution in [3.63, 3.8) is 0 Å². The summed E-state index contributed by atoms with van der Waals surface area (Å²) in [4.78, 5) is 12.7. The van der Waals surface area contributed by atoms with Crippen LogP contribution in [0.15, 0.2) is 108 Å². The van der Waals surface area contributed by atoms with Crippen LogP contribution in [0.2, 0.25) is 0 Å². The van der Waals surface area contributed by atoms with Crippen molar-refractivity contribution in [2.45, 2.75) is 140 Å². The molecule has 6 rings (SSSR count). The minimum Gasteiger partial charge on any atom is -0.508 e. The summed E-state index contributed by atoms with van der Waals surface area (Å²) in [5.41, 5.74) is 5.51. The topological polar surface area (TPSA) is 132 Å². The number of benzene rings is 4. The summed E-state index contributed by atoms with van der Waals surface area (Å²) in [6.07, 6.45) is 15.9. The zero-order chi connectivity index (χ0) is 41.1. The lowest BCUT2D eigenvalue weighted by atomic mass is 9.84. The SMILES string of the molecule is CCCCCCCCCCCCCCCC(=O)NCc1ccc(C2O[C@H](CSc3nnnn3-c3ccc(O)cc3)[C@@H](c3ccccc3)[C@H](c3ccc(CO)cc3)O2)cc1. The lowest BCUT2D eigenvalue weighted by Crippen LogP contribution is -2.38. The van der Waals surface area contributed by atoms with E-state index in [1.807, 2.05) is 66.7 Å².